The van der Waals surface area contributed by atoms with Gasteiger partial charge in [-0.15, -0.1) is 10.2 Å². The number of benzene rings is 1. The monoisotopic (exact) mass is 293 g/mol. The van der Waals surface area contributed by atoms with Crippen molar-refractivity contribution >= 4 is 23.3 Å². The fraction of sp³-hybridized carbons (Fsp3) is 0.154. The summed E-state index contributed by atoms with van der Waals surface area (Å²) in [6, 6.07) is 7.96. The molecule has 0 aliphatic rings. The molecule has 2 rings (SSSR count). The van der Waals surface area contributed by atoms with Crippen molar-refractivity contribution < 1.29 is 14.3 Å². The minimum Gasteiger partial charge on any atom is -0.493 e. The summed E-state index contributed by atoms with van der Waals surface area (Å²) in [4.78, 5) is 12.1. The lowest BCUT2D eigenvalue weighted by Gasteiger charge is -2.09. The highest BCUT2D eigenvalue weighted by Gasteiger charge is 2.11. The maximum atomic E-state index is 12.1. The zero-order chi connectivity index (χ0) is 14.5. The molecule has 1 aromatic heterocycles. The SMILES string of the molecule is COc1ccc(C(=O)Nc2ccc(Cl)nn2)cc1OC. The molecule has 1 amide bonds. The Morgan fingerprint density at radius 1 is 1.10 bits per heavy atom. The van der Waals surface area contributed by atoms with E-state index in [-0.39, 0.29) is 11.1 Å². The second kappa shape index (κ2) is 6.21. The molecule has 0 saturated heterocycles. The van der Waals surface area contributed by atoms with Crippen molar-refractivity contribution in [3.63, 3.8) is 0 Å². The molecule has 0 aliphatic carbocycles. The largest absolute Gasteiger partial charge is 0.493 e. The number of methoxy groups -OCH3 is 2. The smallest absolute Gasteiger partial charge is 0.257 e. The first-order valence-corrected chi connectivity index (χ1v) is 6.04. The maximum absolute atomic E-state index is 12.1. The van der Waals surface area contributed by atoms with Crippen molar-refractivity contribution in [2.24, 2.45) is 0 Å². The average Bonchev–Trinajstić information content (AvgIpc) is 2.48. The summed E-state index contributed by atoms with van der Waals surface area (Å²) < 4.78 is 10.3. The summed E-state index contributed by atoms with van der Waals surface area (Å²) in [5.74, 6) is 1.01. The molecule has 0 bridgehead atoms. The van der Waals surface area contributed by atoms with Crippen LogP contribution in [0.1, 0.15) is 10.4 Å². The number of ether oxygens (including phenoxy) is 2. The van der Waals surface area contributed by atoms with Crippen molar-refractivity contribution in [3.05, 3.63) is 41.0 Å². The molecule has 6 nitrogen and oxygen atoms in total. The molecule has 104 valence electrons. The van der Waals surface area contributed by atoms with Gasteiger partial charge in [0.15, 0.2) is 22.5 Å². The van der Waals surface area contributed by atoms with Crippen LogP contribution in [-0.2, 0) is 0 Å². The second-order valence-electron chi connectivity index (χ2n) is 3.77. The number of aromatic nitrogens is 2. The number of hydrogen-bond acceptors (Lipinski definition) is 5. The van der Waals surface area contributed by atoms with Gasteiger partial charge < -0.3 is 14.8 Å². The van der Waals surface area contributed by atoms with E-state index < -0.39 is 0 Å². The van der Waals surface area contributed by atoms with Crippen LogP contribution >= 0.6 is 11.6 Å². The van der Waals surface area contributed by atoms with Crippen LogP contribution in [0.15, 0.2) is 30.3 Å². The van der Waals surface area contributed by atoms with Crippen molar-refractivity contribution in [3.8, 4) is 11.5 Å². The summed E-state index contributed by atoms with van der Waals surface area (Å²) in [5, 5.41) is 10.3. The molecule has 0 radical (unpaired) electrons. The Bertz CT molecular complexity index is 617. The van der Waals surface area contributed by atoms with E-state index in [2.05, 4.69) is 15.5 Å². The summed E-state index contributed by atoms with van der Waals surface area (Å²) in [6.45, 7) is 0. The van der Waals surface area contributed by atoms with Crippen molar-refractivity contribution in [2.75, 3.05) is 19.5 Å². The van der Waals surface area contributed by atoms with Gasteiger partial charge in [-0.3, -0.25) is 4.79 Å². The van der Waals surface area contributed by atoms with Gasteiger partial charge in [-0.05, 0) is 30.3 Å². The number of rotatable bonds is 4. The van der Waals surface area contributed by atoms with Gasteiger partial charge in [0.2, 0.25) is 0 Å². The summed E-state index contributed by atoms with van der Waals surface area (Å²) >= 11 is 5.62. The van der Waals surface area contributed by atoms with E-state index in [0.29, 0.717) is 22.9 Å². The third kappa shape index (κ3) is 3.16. The predicted molar refractivity (Wildman–Crippen MR) is 74.5 cm³/mol. The molecule has 0 atom stereocenters. The molecular weight excluding hydrogens is 282 g/mol. The van der Waals surface area contributed by atoms with Crippen LogP contribution in [-0.4, -0.2) is 30.3 Å². The van der Waals surface area contributed by atoms with Crippen LogP contribution in [0.2, 0.25) is 5.15 Å². The zero-order valence-electron chi connectivity index (χ0n) is 10.9. The lowest BCUT2D eigenvalue weighted by molar-refractivity contribution is 0.102. The number of halogens is 1. The normalized spacial score (nSPS) is 9.95. The Morgan fingerprint density at radius 2 is 1.85 bits per heavy atom. The van der Waals surface area contributed by atoms with E-state index in [1.807, 2.05) is 0 Å². The van der Waals surface area contributed by atoms with Gasteiger partial charge in [-0.1, -0.05) is 11.6 Å². The number of carbonyl (C=O) groups is 1. The summed E-state index contributed by atoms with van der Waals surface area (Å²) in [7, 11) is 3.03. The van der Waals surface area contributed by atoms with Crippen molar-refractivity contribution in [1.82, 2.24) is 10.2 Å². The highest BCUT2D eigenvalue weighted by atomic mass is 35.5. The molecule has 0 fully saturated rings. The number of carbonyl (C=O) groups excluding carboxylic acids is 1. The molecule has 0 unspecified atom stereocenters. The number of hydrogen-bond donors (Lipinski definition) is 1. The highest BCUT2D eigenvalue weighted by Crippen LogP contribution is 2.27. The van der Waals surface area contributed by atoms with E-state index in [1.54, 1.807) is 30.3 Å². The summed E-state index contributed by atoms with van der Waals surface area (Å²) in [5.41, 5.74) is 0.416. The average molecular weight is 294 g/mol. The Labute approximate surface area is 120 Å². The Kier molecular flexibility index (Phi) is 4.37. The fourth-order valence-corrected chi connectivity index (χ4v) is 1.65. The highest BCUT2D eigenvalue weighted by molar-refractivity contribution is 6.29. The number of anilines is 1. The van der Waals surface area contributed by atoms with Gasteiger partial charge in [0, 0.05) is 5.56 Å². The minimum absolute atomic E-state index is 0.258. The topological polar surface area (TPSA) is 73.3 Å². The standard InChI is InChI=1S/C13H12ClN3O3/c1-19-9-4-3-8(7-10(9)20-2)13(18)15-12-6-5-11(14)16-17-12/h3-7H,1-2H3,(H,15,17,18). The fourth-order valence-electron chi connectivity index (χ4n) is 1.55. The van der Waals surface area contributed by atoms with E-state index in [0.717, 1.165) is 0 Å². The first kappa shape index (κ1) is 14.1. The quantitative estimate of drug-likeness (QED) is 0.937. The number of nitrogens with one attached hydrogen (secondary N) is 1. The third-order valence-electron chi connectivity index (χ3n) is 2.52. The maximum Gasteiger partial charge on any atom is 0.257 e. The molecule has 0 aliphatic heterocycles. The molecule has 7 heteroatoms. The van der Waals surface area contributed by atoms with Gasteiger partial charge in [0.1, 0.15) is 0 Å². The third-order valence-corrected chi connectivity index (χ3v) is 2.72. The van der Waals surface area contributed by atoms with Crippen molar-refractivity contribution in [2.45, 2.75) is 0 Å². The van der Waals surface area contributed by atoms with Crippen LogP contribution in [0, 0.1) is 0 Å². The molecule has 0 spiro atoms. The van der Waals surface area contributed by atoms with Crippen LogP contribution in [0.3, 0.4) is 0 Å². The number of nitrogens with zero attached hydrogens (tertiary/aromatic N) is 2. The van der Waals surface area contributed by atoms with Crippen LogP contribution < -0.4 is 14.8 Å². The van der Waals surface area contributed by atoms with Gasteiger partial charge in [0.05, 0.1) is 14.2 Å². The van der Waals surface area contributed by atoms with E-state index in [1.165, 1.54) is 14.2 Å². The molecule has 20 heavy (non-hydrogen) atoms. The van der Waals surface area contributed by atoms with Gasteiger partial charge in [0.25, 0.3) is 5.91 Å². The van der Waals surface area contributed by atoms with Gasteiger partial charge >= 0.3 is 0 Å². The van der Waals surface area contributed by atoms with Crippen LogP contribution in [0.4, 0.5) is 5.82 Å². The van der Waals surface area contributed by atoms with Crippen LogP contribution in [0.5, 0.6) is 11.5 Å². The molecule has 1 aromatic carbocycles. The first-order chi connectivity index (χ1) is 9.63. The van der Waals surface area contributed by atoms with E-state index in [9.17, 15) is 4.79 Å². The molecular formula is C13H12ClN3O3. The Morgan fingerprint density at radius 3 is 2.45 bits per heavy atom. The van der Waals surface area contributed by atoms with E-state index in [4.69, 9.17) is 21.1 Å². The lowest BCUT2D eigenvalue weighted by atomic mass is 10.2. The Hall–Kier alpha value is -2.34. The van der Waals surface area contributed by atoms with E-state index >= 15 is 0 Å². The summed E-state index contributed by atoms with van der Waals surface area (Å²) in [6.07, 6.45) is 0. The first-order valence-electron chi connectivity index (χ1n) is 5.66. The predicted octanol–water partition coefficient (Wildman–Crippen LogP) is 2.40. The van der Waals surface area contributed by atoms with Gasteiger partial charge in [-0.2, -0.15) is 0 Å². The second-order valence-corrected chi connectivity index (χ2v) is 4.15. The van der Waals surface area contributed by atoms with Crippen LogP contribution in [0.25, 0.3) is 0 Å². The Balaban J connectivity index is 2.18. The molecule has 1 N–H and O–H groups in total. The zero-order valence-corrected chi connectivity index (χ0v) is 11.6. The van der Waals surface area contributed by atoms with Crippen molar-refractivity contribution in [1.29, 1.82) is 0 Å². The lowest BCUT2D eigenvalue weighted by Crippen LogP contribution is -2.13. The molecule has 2 aromatic rings. The molecule has 1 heterocycles. The van der Waals surface area contributed by atoms with Gasteiger partial charge in [-0.25, -0.2) is 0 Å². The number of amides is 1. The minimum atomic E-state index is -0.331. The molecule has 0 saturated carbocycles.